The summed E-state index contributed by atoms with van der Waals surface area (Å²) < 4.78 is 5.57. The Hall–Kier alpha value is -1.49. The molecule has 0 spiro atoms. The van der Waals surface area contributed by atoms with Crippen LogP contribution in [-0.4, -0.2) is 27.7 Å². The van der Waals surface area contributed by atoms with Crippen molar-refractivity contribution >= 4 is 5.97 Å². The third-order valence-corrected chi connectivity index (χ3v) is 3.24. The van der Waals surface area contributed by atoms with Crippen molar-refractivity contribution in [2.45, 2.75) is 45.6 Å². The lowest BCUT2D eigenvalue weighted by atomic mass is 10.1. The van der Waals surface area contributed by atoms with Crippen LogP contribution in [0.3, 0.4) is 0 Å². The van der Waals surface area contributed by atoms with E-state index in [1.807, 2.05) is 13.8 Å². The summed E-state index contributed by atoms with van der Waals surface area (Å²) in [6.45, 7) is 4.58. The number of hydrogen-bond acceptors (Lipinski definition) is 4. The minimum atomic E-state index is -0.794. The van der Waals surface area contributed by atoms with Gasteiger partial charge in [-0.05, 0) is 38.7 Å². The number of aliphatic carboxylic acids is 1. The minimum absolute atomic E-state index is 0.0101. The van der Waals surface area contributed by atoms with Gasteiger partial charge in [0.25, 0.3) is 0 Å². The number of aryl methyl sites for hydroxylation is 2. The first-order valence-electron chi connectivity index (χ1n) is 6.25. The van der Waals surface area contributed by atoms with Gasteiger partial charge in [0.2, 0.25) is 0 Å². The highest BCUT2D eigenvalue weighted by atomic mass is 16.5. The van der Waals surface area contributed by atoms with Gasteiger partial charge in [-0.3, -0.25) is 4.79 Å². The zero-order chi connectivity index (χ0) is 13.1. The molecule has 1 aromatic rings. The lowest BCUT2D eigenvalue weighted by molar-refractivity contribution is -0.136. The standard InChI is InChI=1S/C13H18N2O3/c1-8-10(5-6-12(16)17)9(2)15-13(14-8)11-4-3-7-18-11/h11H,3-7H2,1-2H3,(H,16,17). The molecule has 5 heteroatoms. The fourth-order valence-electron chi connectivity index (χ4n) is 2.28. The van der Waals surface area contributed by atoms with E-state index < -0.39 is 5.97 Å². The van der Waals surface area contributed by atoms with Gasteiger partial charge in [0, 0.05) is 24.4 Å². The van der Waals surface area contributed by atoms with E-state index in [2.05, 4.69) is 9.97 Å². The number of rotatable bonds is 4. The molecule has 0 aromatic carbocycles. The number of carbonyl (C=O) groups is 1. The van der Waals surface area contributed by atoms with Crippen LogP contribution in [0.5, 0.6) is 0 Å². The molecule has 1 aromatic heterocycles. The molecule has 0 bridgehead atoms. The van der Waals surface area contributed by atoms with Crippen molar-refractivity contribution in [1.82, 2.24) is 9.97 Å². The van der Waals surface area contributed by atoms with Crippen LogP contribution in [0.25, 0.3) is 0 Å². The molecule has 18 heavy (non-hydrogen) atoms. The van der Waals surface area contributed by atoms with E-state index in [9.17, 15) is 4.79 Å². The molecule has 1 fully saturated rings. The van der Waals surface area contributed by atoms with Gasteiger partial charge in [-0.25, -0.2) is 9.97 Å². The first-order valence-corrected chi connectivity index (χ1v) is 6.25. The fourth-order valence-corrected chi connectivity index (χ4v) is 2.28. The molecule has 1 aliphatic rings. The quantitative estimate of drug-likeness (QED) is 0.884. The van der Waals surface area contributed by atoms with Gasteiger partial charge >= 0.3 is 5.97 Å². The molecule has 1 unspecified atom stereocenters. The minimum Gasteiger partial charge on any atom is -0.481 e. The molecule has 1 aliphatic heterocycles. The van der Waals surface area contributed by atoms with Gasteiger partial charge in [-0.2, -0.15) is 0 Å². The second-order valence-corrected chi connectivity index (χ2v) is 4.63. The molecule has 0 amide bonds. The van der Waals surface area contributed by atoms with Gasteiger partial charge in [0.05, 0.1) is 0 Å². The molecular weight excluding hydrogens is 232 g/mol. The van der Waals surface area contributed by atoms with Crippen LogP contribution < -0.4 is 0 Å². The maximum absolute atomic E-state index is 10.6. The van der Waals surface area contributed by atoms with E-state index in [-0.39, 0.29) is 12.5 Å². The fraction of sp³-hybridized carbons (Fsp3) is 0.615. The molecule has 0 aliphatic carbocycles. The summed E-state index contributed by atoms with van der Waals surface area (Å²) in [5, 5.41) is 8.72. The van der Waals surface area contributed by atoms with E-state index >= 15 is 0 Å². The van der Waals surface area contributed by atoms with E-state index in [0.29, 0.717) is 6.42 Å². The van der Waals surface area contributed by atoms with E-state index in [1.165, 1.54) is 0 Å². The topological polar surface area (TPSA) is 72.3 Å². The van der Waals surface area contributed by atoms with E-state index in [4.69, 9.17) is 9.84 Å². The highest BCUT2D eigenvalue weighted by Crippen LogP contribution is 2.27. The maximum Gasteiger partial charge on any atom is 0.303 e. The third kappa shape index (κ3) is 2.85. The van der Waals surface area contributed by atoms with E-state index in [0.717, 1.165) is 42.2 Å². The molecule has 1 N–H and O–H groups in total. The van der Waals surface area contributed by atoms with Crippen LogP contribution in [0.15, 0.2) is 0 Å². The van der Waals surface area contributed by atoms with E-state index in [1.54, 1.807) is 0 Å². The summed E-state index contributed by atoms with van der Waals surface area (Å²) in [6, 6.07) is 0. The maximum atomic E-state index is 10.6. The molecule has 0 radical (unpaired) electrons. The lowest BCUT2D eigenvalue weighted by Crippen LogP contribution is -2.10. The molecule has 2 rings (SSSR count). The first-order chi connectivity index (χ1) is 8.58. The molecule has 98 valence electrons. The molecule has 2 heterocycles. The third-order valence-electron chi connectivity index (χ3n) is 3.24. The highest BCUT2D eigenvalue weighted by molar-refractivity contribution is 5.67. The Kier molecular flexibility index (Phi) is 3.91. The number of aromatic nitrogens is 2. The largest absolute Gasteiger partial charge is 0.481 e. The van der Waals surface area contributed by atoms with Gasteiger partial charge in [0.1, 0.15) is 6.10 Å². The van der Waals surface area contributed by atoms with Crippen molar-refractivity contribution in [2.75, 3.05) is 6.61 Å². The Labute approximate surface area is 106 Å². The van der Waals surface area contributed by atoms with Crippen molar-refractivity contribution in [2.24, 2.45) is 0 Å². The van der Waals surface area contributed by atoms with Crippen LogP contribution in [-0.2, 0) is 16.0 Å². The Bertz CT molecular complexity index is 431. The predicted octanol–water partition coefficient (Wildman–Crippen LogP) is 1.96. The summed E-state index contributed by atoms with van der Waals surface area (Å²) in [7, 11) is 0. The van der Waals surface area contributed by atoms with Gasteiger partial charge < -0.3 is 9.84 Å². The number of ether oxygens (including phenoxy) is 1. The molecule has 0 saturated carbocycles. The molecule has 5 nitrogen and oxygen atoms in total. The number of carboxylic acids is 1. The van der Waals surface area contributed by atoms with Crippen molar-refractivity contribution in [3.63, 3.8) is 0 Å². The molecular formula is C13H18N2O3. The average Bonchev–Trinajstić information content (AvgIpc) is 2.80. The molecule has 1 atom stereocenters. The number of carboxylic acid groups (broad SMARTS) is 1. The highest BCUT2D eigenvalue weighted by Gasteiger charge is 2.22. The van der Waals surface area contributed by atoms with Crippen molar-refractivity contribution in [1.29, 1.82) is 0 Å². The predicted molar refractivity (Wildman–Crippen MR) is 65.4 cm³/mol. The summed E-state index contributed by atoms with van der Waals surface area (Å²) in [5.41, 5.74) is 2.68. The van der Waals surface area contributed by atoms with Crippen molar-refractivity contribution in [3.05, 3.63) is 22.8 Å². The van der Waals surface area contributed by atoms with Crippen LogP contribution in [0.2, 0.25) is 0 Å². The van der Waals surface area contributed by atoms with Gasteiger partial charge in [-0.1, -0.05) is 0 Å². The monoisotopic (exact) mass is 250 g/mol. The first kappa shape index (κ1) is 13.0. The van der Waals surface area contributed by atoms with Crippen LogP contribution >= 0.6 is 0 Å². The average molecular weight is 250 g/mol. The number of hydrogen-bond donors (Lipinski definition) is 1. The Morgan fingerprint density at radius 2 is 2.06 bits per heavy atom. The normalized spacial score (nSPS) is 19.1. The van der Waals surface area contributed by atoms with Crippen molar-refractivity contribution in [3.8, 4) is 0 Å². The second-order valence-electron chi connectivity index (χ2n) is 4.63. The Balaban J connectivity index is 2.20. The lowest BCUT2D eigenvalue weighted by Gasteiger charge is -2.13. The zero-order valence-corrected chi connectivity index (χ0v) is 10.8. The van der Waals surface area contributed by atoms with Crippen LogP contribution in [0.1, 0.15) is 48.1 Å². The van der Waals surface area contributed by atoms with Crippen LogP contribution in [0, 0.1) is 13.8 Å². The van der Waals surface area contributed by atoms with Gasteiger partial charge in [-0.15, -0.1) is 0 Å². The SMILES string of the molecule is Cc1nc(C2CCCO2)nc(C)c1CCC(=O)O. The van der Waals surface area contributed by atoms with Gasteiger partial charge in [0.15, 0.2) is 5.82 Å². The number of nitrogens with zero attached hydrogens (tertiary/aromatic N) is 2. The summed E-state index contributed by atoms with van der Waals surface area (Å²) in [6.07, 6.45) is 2.62. The summed E-state index contributed by atoms with van der Waals surface area (Å²) in [4.78, 5) is 19.5. The summed E-state index contributed by atoms with van der Waals surface area (Å²) in [5.74, 6) is -0.0569. The smallest absolute Gasteiger partial charge is 0.303 e. The summed E-state index contributed by atoms with van der Waals surface area (Å²) >= 11 is 0. The second kappa shape index (κ2) is 5.44. The Morgan fingerprint density at radius 1 is 1.39 bits per heavy atom. The van der Waals surface area contributed by atoms with Crippen molar-refractivity contribution < 1.29 is 14.6 Å². The molecule has 1 saturated heterocycles. The zero-order valence-electron chi connectivity index (χ0n) is 10.8. The Morgan fingerprint density at radius 3 is 2.56 bits per heavy atom. The van der Waals surface area contributed by atoms with Crippen LogP contribution in [0.4, 0.5) is 0 Å².